The smallest absolute Gasteiger partial charge is 0.335 e. The third-order valence-corrected chi connectivity index (χ3v) is 6.54. The van der Waals surface area contributed by atoms with Gasteiger partial charge in [0.15, 0.2) is 0 Å². The molecular weight excluding hydrogens is 472 g/mol. The number of hydrogen-bond acceptors (Lipinski definition) is 6. The minimum Gasteiger partial charge on any atom is -0.490 e. The van der Waals surface area contributed by atoms with Gasteiger partial charge in [0.05, 0.1) is 22.7 Å². The highest BCUT2D eigenvalue weighted by Gasteiger charge is 2.37. The molecular formula is C25H25ClN4O5. The average molecular weight is 497 g/mol. The fourth-order valence-corrected chi connectivity index (χ4v) is 4.56. The van der Waals surface area contributed by atoms with E-state index in [1.165, 1.54) is 24.3 Å². The predicted octanol–water partition coefficient (Wildman–Crippen LogP) is 3.30. The van der Waals surface area contributed by atoms with Crippen molar-refractivity contribution in [3.05, 3.63) is 58.6 Å². The van der Waals surface area contributed by atoms with Crippen LogP contribution in [0.2, 0.25) is 5.02 Å². The fourth-order valence-electron chi connectivity index (χ4n) is 4.39. The Morgan fingerprint density at radius 3 is 2.74 bits per heavy atom. The van der Waals surface area contributed by atoms with Crippen molar-refractivity contribution < 1.29 is 24.2 Å². The lowest BCUT2D eigenvalue weighted by Gasteiger charge is -2.24. The van der Waals surface area contributed by atoms with Crippen molar-refractivity contribution in [1.82, 2.24) is 10.2 Å². The molecule has 0 aromatic heterocycles. The molecule has 0 aliphatic carbocycles. The first-order valence-corrected chi connectivity index (χ1v) is 11.8. The van der Waals surface area contributed by atoms with Crippen LogP contribution in [0, 0.1) is 11.3 Å². The van der Waals surface area contributed by atoms with Crippen LogP contribution in [-0.4, -0.2) is 59.1 Å². The Morgan fingerprint density at radius 1 is 1.17 bits per heavy atom. The van der Waals surface area contributed by atoms with E-state index in [9.17, 15) is 19.6 Å². The van der Waals surface area contributed by atoms with Gasteiger partial charge in [-0.3, -0.25) is 14.9 Å². The number of hydrogen-bond donors (Lipinski definition) is 3. The maximum absolute atomic E-state index is 12.8. The standard InChI is InChI=1S/C25H25ClN4O5/c26-20-8-6-17(29-23(31)15-3-1-4-16(11-15)25(33)34)12-22(20)35-14-18-7-9-21(28-18)24(32)30-10-2-5-19(30)13-27/h1,3-4,6,8,11-12,18-19,21,28H,2,5,7,9-10,14H2,(H,29,31)(H,33,34)/t18-,19+,21+/m1/s1. The molecule has 2 aromatic carbocycles. The summed E-state index contributed by atoms with van der Waals surface area (Å²) in [5.74, 6) is -1.23. The Bertz CT molecular complexity index is 1180. The largest absolute Gasteiger partial charge is 0.490 e. The zero-order chi connectivity index (χ0) is 24.9. The van der Waals surface area contributed by atoms with Crippen LogP contribution in [0.4, 0.5) is 5.69 Å². The second-order valence-electron chi connectivity index (χ2n) is 8.61. The number of nitrogens with one attached hydrogen (secondary N) is 2. The second-order valence-corrected chi connectivity index (χ2v) is 9.02. The molecule has 2 aliphatic heterocycles. The van der Waals surface area contributed by atoms with Crippen LogP contribution in [0.5, 0.6) is 5.75 Å². The van der Waals surface area contributed by atoms with E-state index >= 15 is 0 Å². The van der Waals surface area contributed by atoms with Crippen LogP contribution in [0.25, 0.3) is 0 Å². The number of amides is 2. The van der Waals surface area contributed by atoms with E-state index in [2.05, 4.69) is 16.7 Å². The van der Waals surface area contributed by atoms with Gasteiger partial charge in [-0.05, 0) is 56.0 Å². The molecule has 0 spiro atoms. The number of ether oxygens (including phenoxy) is 1. The molecule has 2 heterocycles. The van der Waals surface area contributed by atoms with Crippen LogP contribution in [0.15, 0.2) is 42.5 Å². The van der Waals surface area contributed by atoms with Crippen molar-refractivity contribution in [1.29, 1.82) is 5.26 Å². The van der Waals surface area contributed by atoms with Gasteiger partial charge in [0.2, 0.25) is 5.91 Å². The number of halogens is 1. The summed E-state index contributed by atoms with van der Waals surface area (Å²) in [4.78, 5) is 38.2. The van der Waals surface area contributed by atoms with Gasteiger partial charge < -0.3 is 20.1 Å². The molecule has 182 valence electrons. The van der Waals surface area contributed by atoms with E-state index in [-0.39, 0.29) is 41.8 Å². The first-order chi connectivity index (χ1) is 16.9. The summed E-state index contributed by atoms with van der Waals surface area (Å²) >= 11 is 6.27. The van der Waals surface area contributed by atoms with Crippen LogP contribution in [0.1, 0.15) is 46.4 Å². The molecule has 9 nitrogen and oxygen atoms in total. The van der Waals surface area contributed by atoms with Crippen LogP contribution in [-0.2, 0) is 4.79 Å². The van der Waals surface area contributed by atoms with Crippen molar-refractivity contribution in [3.63, 3.8) is 0 Å². The van der Waals surface area contributed by atoms with E-state index in [1.807, 2.05) is 0 Å². The SMILES string of the molecule is N#C[C@@H]1CCCN1C(=O)[C@@H]1CC[C@H](COc2cc(NC(=O)c3cccc(C(=O)O)c3)ccc2Cl)N1. The van der Waals surface area contributed by atoms with E-state index in [1.54, 1.807) is 23.1 Å². The molecule has 2 aromatic rings. The minimum atomic E-state index is -1.11. The van der Waals surface area contributed by atoms with Gasteiger partial charge in [0.25, 0.3) is 5.91 Å². The van der Waals surface area contributed by atoms with Gasteiger partial charge in [0, 0.05) is 29.9 Å². The van der Waals surface area contributed by atoms with E-state index in [4.69, 9.17) is 21.4 Å². The summed E-state index contributed by atoms with van der Waals surface area (Å²) in [6.07, 6.45) is 2.98. The molecule has 2 fully saturated rings. The summed E-state index contributed by atoms with van der Waals surface area (Å²) in [6.45, 7) is 0.897. The topological polar surface area (TPSA) is 132 Å². The number of anilines is 1. The van der Waals surface area contributed by atoms with Crippen molar-refractivity contribution in [2.75, 3.05) is 18.5 Å². The number of aromatic carboxylic acids is 1. The van der Waals surface area contributed by atoms with Gasteiger partial charge in [0.1, 0.15) is 18.4 Å². The lowest BCUT2D eigenvalue weighted by Crippen LogP contribution is -2.47. The highest BCUT2D eigenvalue weighted by atomic mass is 35.5. The highest BCUT2D eigenvalue weighted by Crippen LogP contribution is 2.29. The maximum atomic E-state index is 12.8. The second kappa shape index (κ2) is 10.8. The number of likely N-dealkylation sites (tertiary alicyclic amines) is 1. The summed E-state index contributed by atoms with van der Waals surface area (Å²) in [5, 5.41) is 24.8. The first-order valence-electron chi connectivity index (χ1n) is 11.4. The van der Waals surface area contributed by atoms with E-state index < -0.39 is 11.9 Å². The summed E-state index contributed by atoms with van der Waals surface area (Å²) in [6, 6.07) is 12.0. The molecule has 0 bridgehead atoms. The van der Waals surface area contributed by atoms with E-state index in [0.29, 0.717) is 29.4 Å². The molecule has 3 atom stereocenters. The third kappa shape index (κ3) is 5.73. The summed E-state index contributed by atoms with van der Waals surface area (Å²) in [7, 11) is 0. The van der Waals surface area contributed by atoms with Crippen molar-refractivity contribution in [2.45, 2.75) is 43.8 Å². The average Bonchev–Trinajstić information content (AvgIpc) is 3.53. The lowest BCUT2D eigenvalue weighted by molar-refractivity contribution is -0.133. The number of rotatable bonds is 7. The van der Waals surface area contributed by atoms with Crippen molar-refractivity contribution >= 4 is 35.1 Å². The first kappa shape index (κ1) is 24.5. The molecule has 35 heavy (non-hydrogen) atoms. The number of carboxylic acid groups (broad SMARTS) is 1. The molecule has 2 aliphatic rings. The molecule has 2 amide bonds. The van der Waals surface area contributed by atoms with Crippen LogP contribution >= 0.6 is 11.6 Å². The number of nitrogens with zero attached hydrogens (tertiary/aromatic N) is 2. The van der Waals surface area contributed by atoms with Gasteiger partial charge in [-0.15, -0.1) is 0 Å². The molecule has 3 N–H and O–H groups in total. The molecule has 2 saturated heterocycles. The van der Waals surface area contributed by atoms with E-state index in [0.717, 1.165) is 19.3 Å². The van der Waals surface area contributed by atoms with Gasteiger partial charge in [-0.25, -0.2) is 4.79 Å². The number of nitriles is 1. The van der Waals surface area contributed by atoms with Crippen LogP contribution in [0.3, 0.4) is 0 Å². The molecule has 0 radical (unpaired) electrons. The molecule has 0 saturated carbocycles. The Hall–Kier alpha value is -3.61. The summed E-state index contributed by atoms with van der Waals surface area (Å²) < 4.78 is 5.89. The Balaban J connectivity index is 1.34. The zero-order valence-electron chi connectivity index (χ0n) is 18.9. The lowest BCUT2D eigenvalue weighted by atomic mass is 10.1. The third-order valence-electron chi connectivity index (χ3n) is 6.22. The predicted molar refractivity (Wildman–Crippen MR) is 129 cm³/mol. The van der Waals surface area contributed by atoms with Crippen molar-refractivity contribution in [2.24, 2.45) is 0 Å². The van der Waals surface area contributed by atoms with Gasteiger partial charge in [-0.2, -0.15) is 5.26 Å². The Labute approximate surface area is 207 Å². The molecule has 0 unspecified atom stereocenters. The van der Waals surface area contributed by atoms with Gasteiger partial charge >= 0.3 is 5.97 Å². The molecule has 4 rings (SSSR count). The molecule has 10 heteroatoms. The highest BCUT2D eigenvalue weighted by molar-refractivity contribution is 6.32. The van der Waals surface area contributed by atoms with Crippen molar-refractivity contribution in [3.8, 4) is 11.8 Å². The number of carbonyl (C=O) groups is 3. The zero-order valence-corrected chi connectivity index (χ0v) is 19.6. The minimum absolute atomic E-state index is 0.0199. The Kier molecular flexibility index (Phi) is 7.54. The number of carboxylic acids is 1. The summed E-state index contributed by atoms with van der Waals surface area (Å²) in [5.41, 5.74) is 0.676. The fraction of sp³-hybridized carbons (Fsp3) is 0.360. The number of carbonyl (C=O) groups excluding carboxylic acids is 2. The van der Waals surface area contributed by atoms with Gasteiger partial charge in [-0.1, -0.05) is 17.7 Å². The van der Waals surface area contributed by atoms with Crippen LogP contribution < -0.4 is 15.4 Å². The Morgan fingerprint density at radius 2 is 1.97 bits per heavy atom. The normalized spacial score (nSPS) is 21.4. The monoisotopic (exact) mass is 496 g/mol. The number of benzene rings is 2. The maximum Gasteiger partial charge on any atom is 0.335 e. The quantitative estimate of drug-likeness (QED) is 0.535.